The van der Waals surface area contributed by atoms with Gasteiger partial charge in [-0.05, 0) is 55.0 Å². The summed E-state index contributed by atoms with van der Waals surface area (Å²) in [6, 6.07) is 4.00. The summed E-state index contributed by atoms with van der Waals surface area (Å²) in [5.41, 5.74) is 4.03. The van der Waals surface area contributed by atoms with E-state index < -0.39 is 0 Å². The minimum Gasteiger partial charge on any atom is -0.375 e. The summed E-state index contributed by atoms with van der Waals surface area (Å²) in [4.78, 5) is 2.51. The van der Waals surface area contributed by atoms with Gasteiger partial charge in [0.2, 0.25) is 0 Å². The van der Waals surface area contributed by atoms with Crippen LogP contribution in [0, 0.1) is 0 Å². The van der Waals surface area contributed by atoms with Crippen molar-refractivity contribution < 1.29 is 0 Å². The molecule has 0 N–H and O–H groups in total. The minimum absolute atomic E-state index is 0.657. The van der Waals surface area contributed by atoms with Gasteiger partial charge in [-0.1, -0.05) is 23.2 Å². The molecule has 0 bridgehead atoms. The van der Waals surface area contributed by atoms with Crippen molar-refractivity contribution in [3.8, 4) is 0 Å². The quantitative estimate of drug-likeness (QED) is 0.730. The Morgan fingerprint density at radius 1 is 0.941 bits per heavy atom. The van der Waals surface area contributed by atoms with Crippen molar-refractivity contribution in [2.45, 2.75) is 25.7 Å². The number of aryl methyl sites for hydroxylation is 1. The number of likely N-dealkylation sites (tertiary alicyclic amines) is 1. The van der Waals surface area contributed by atoms with Crippen LogP contribution in [0.1, 0.15) is 30.4 Å². The van der Waals surface area contributed by atoms with Crippen LogP contribution in [0.25, 0.3) is 6.08 Å². The Labute approximate surface area is 112 Å². The number of benzene rings is 1. The first kappa shape index (κ1) is 11.4. The molecule has 1 saturated heterocycles. The summed E-state index contributed by atoms with van der Waals surface area (Å²) >= 11 is 12.1. The van der Waals surface area contributed by atoms with Crippen molar-refractivity contribution >= 4 is 29.3 Å². The van der Waals surface area contributed by atoms with Gasteiger partial charge in [0.1, 0.15) is 0 Å². The number of hydrogen-bond donors (Lipinski definition) is 0. The van der Waals surface area contributed by atoms with Crippen LogP contribution in [0.4, 0.5) is 0 Å². The number of allylic oxidation sites excluding steroid dienone is 1. The molecule has 0 amide bonds. The van der Waals surface area contributed by atoms with Crippen molar-refractivity contribution in [2.75, 3.05) is 13.1 Å². The maximum atomic E-state index is 6.08. The van der Waals surface area contributed by atoms with E-state index in [-0.39, 0.29) is 0 Å². The fourth-order valence-electron chi connectivity index (χ4n) is 2.72. The van der Waals surface area contributed by atoms with Gasteiger partial charge in [0.15, 0.2) is 0 Å². The molecule has 3 rings (SSSR count). The van der Waals surface area contributed by atoms with E-state index in [2.05, 4.69) is 11.0 Å². The Kier molecular flexibility index (Phi) is 3.06. The second-order valence-corrected chi connectivity index (χ2v) is 5.61. The van der Waals surface area contributed by atoms with Crippen molar-refractivity contribution in [1.82, 2.24) is 4.90 Å². The molecule has 3 heteroatoms. The fourth-order valence-corrected chi connectivity index (χ4v) is 3.08. The highest BCUT2D eigenvalue weighted by Crippen LogP contribution is 2.33. The number of nitrogens with zero attached hydrogens (tertiary/aromatic N) is 1. The van der Waals surface area contributed by atoms with Crippen LogP contribution in [0.2, 0.25) is 10.0 Å². The minimum atomic E-state index is 0.657. The number of hydrogen-bond acceptors (Lipinski definition) is 1. The largest absolute Gasteiger partial charge is 0.375 e. The van der Waals surface area contributed by atoms with Crippen LogP contribution in [0.15, 0.2) is 17.8 Å². The highest BCUT2D eigenvalue weighted by molar-refractivity contribution is 6.42. The molecule has 1 fully saturated rings. The molecule has 1 aliphatic carbocycles. The van der Waals surface area contributed by atoms with Gasteiger partial charge >= 0.3 is 0 Å². The molecule has 0 unspecified atom stereocenters. The molecular formula is C14H15Cl2N. The Morgan fingerprint density at radius 2 is 1.65 bits per heavy atom. The van der Waals surface area contributed by atoms with E-state index in [1.807, 2.05) is 12.1 Å². The molecule has 1 aliphatic heterocycles. The number of fused-ring (bicyclic) bond motifs is 1. The SMILES string of the molecule is Clc1cc2c(cc1Cl)CCC(N1CCCC1)=C2. The van der Waals surface area contributed by atoms with Crippen LogP contribution < -0.4 is 0 Å². The first-order chi connectivity index (χ1) is 8.24. The predicted octanol–water partition coefficient (Wildman–Crippen LogP) is 4.38. The number of halogens is 2. The standard InChI is InChI=1S/C14H15Cl2N/c15-13-8-10-3-4-12(17-5-1-2-6-17)7-11(10)9-14(13)16/h7-9H,1-6H2. The van der Waals surface area contributed by atoms with Crippen LogP contribution in [0.5, 0.6) is 0 Å². The maximum Gasteiger partial charge on any atom is 0.0598 e. The Hall–Kier alpha value is -0.660. The normalized spacial score (nSPS) is 19.2. The second-order valence-electron chi connectivity index (χ2n) is 4.79. The third-order valence-corrected chi connectivity index (χ3v) is 4.39. The van der Waals surface area contributed by atoms with Gasteiger partial charge in [-0.15, -0.1) is 0 Å². The van der Waals surface area contributed by atoms with Crippen molar-refractivity contribution in [3.63, 3.8) is 0 Å². The summed E-state index contributed by atoms with van der Waals surface area (Å²) < 4.78 is 0. The lowest BCUT2D eigenvalue weighted by Crippen LogP contribution is -2.20. The zero-order valence-electron chi connectivity index (χ0n) is 9.68. The van der Waals surface area contributed by atoms with Gasteiger partial charge in [0.05, 0.1) is 10.0 Å². The van der Waals surface area contributed by atoms with Gasteiger partial charge in [-0.2, -0.15) is 0 Å². The van der Waals surface area contributed by atoms with Crippen LogP contribution in [-0.2, 0) is 6.42 Å². The maximum absolute atomic E-state index is 6.08. The summed E-state index contributed by atoms with van der Waals surface area (Å²) in [5, 5.41) is 1.33. The smallest absolute Gasteiger partial charge is 0.0598 e. The Morgan fingerprint density at radius 3 is 2.41 bits per heavy atom. The topological polar surface area (TPSA) is 3.24 Å². The molecule has 1 heterocycles. The molecule has 90 valence electrons. The monoisotopic (exact) mass is 267 g/mol. The van der Waals surface area contributed by atoms with Gasteiger partial charge < -0.3 is 4.90 Å². The lowest BCUT2D eigenvalue weighted by molar-refractivity contribution is 0.411. The highest BCUT2D eigenvalue weighted by atomic mass is 35.5. The van der Waals surface area contributed by atoms with E-state index in [0.29, 0.717) is 10.0 Å². The fraction of sp³-hybridized carbons (Fsp3) is 0.429. The zero-order valence-corrected chi connectivity index (χ0v) is 11.2. The zero-order chi connectivity index (χ0) is 11.8. The van der Waals surface area contributed by atoms with Gasteiger partial charge in [0, 0.05) is 18.8 Å². The summed E-state index contributed by atoms with van der Waals surface area (Å²) in [6.45, 7) is 2.42. The summed E-state index contributed by atoms with van der Waals surface area (Å²) in [7, 11) is 0. The molecule has 0 atom stereocenters. The molecule has 1 aromatic carbocycles. The van der Waals surface area contributed by atoms with Gasteiger partial charge in [-0.3, -0.25) is 0 Å². The first-order valence-electron chi connectivity index (χ1n) is 6.17. The predicted molar refractivity (Wildman–Crippen MR) is 73.6 cm³/mol. The average molecular weight is 268 g/mol. The third kappa shape index (κ3) is 2.19. The third-order valence-electron chi connectivity index (χ3n) is 3.67. The van der Waals surface area contributed by atoms with E-state index in [1.165, 1.54) is 42.8 Å². The molecule has 0 saturated carbocycles. The molecule has 0 radical (unpaired) electrons. The average Bonchev–Trinajstić information content (AvgIpc) is 2.83. The second kappa shape index (κ2) is 4.55. The highest BCUT2D eigenvalue weighted by Gasteiger charge is 2.19. The molecule has 17 heavy (non-hydrogen) atoms. The Bertz CT molecular complexity index is 473. The van der Waals surface area contributed by atoms with E-state index in [4.69, 9.17) is 23.2 Å². The summed E-state index contributed by atoms with van der Waals surface area (Å²) in [6.07, 6.45) is 7.14. The van der Waals surface area contributed by atoms with Crippen molar-refractivity contribution in [2.24, 2.45) is 0 Å². The van der Waals surface area contributed by atoms with Crippen molar-refractivity contribution in [3.05, 3.63) is 39.0 Å². The van der Waals surface area contributed by atoms with Gasteiger partial charge in [0.25, 0.3) is 0 Å². The first-order valence-corrected chi connectivity index (χ1v) is 6.93. The van der Waals surface area contributed by atoms with Crippen LogP contribution >= 0.6 is 23.2 Å². The number of rotatable bonds is 1. The van der Waals surface area contributed by atoms with E-state index in [0.717, 1.165) is 12.8 Å². The molecular weight excluding hydrogens is 253 g/mol. The molecule has 0 aromatic heterocycles. The van der Waals surface area contributed by atoms with Crippen LogP contribution in [-0.4, -0.2) is 18.0 Å². The lowest BCUT2D eigenvalue weighted by atomic mass is 9.95. The lowest BCUT2D eigenvalue weighted by Gasteiger charge is -2.26. The van der Waals surface area contributed by atoms with Crippen molar-refractivity contribution in [1.29, 1.82) is 0 Å². The Balaban J connectivity index is 1.95. The molecule has 1 aromatic rings. The van der Waals surface area contributed by atoms with E-state index >= 15 is 0 Å². The van der Waals surface area contributed by atoms with Crippen LogP contribution in [0.3, 0.4) is 0 Å². The molecule has 2 aliphatic rings. The summed E-state index contributed by atoms with van der Waals surface area (Å²) in [5.74, 6) is 0. The molecule has 1 nitrogen and oxygen atoms in total. The van der Waals surface area contributed by atoms with Gasteiger partial charge in [-0.25, -0.2) is 0 Å². The molecule has 0 spiro atoms. The van der Waals surface area contributed by atoms with E-state index in [9.17, 15) is 0 Å². The van der Waals surface area contributed by atoms with E-state index in [1.54, 1.807) is 0 Å².